The van der Waals surface area contributed by atoms with Crippen molar-refractivity contribution in [2.75, 3.05) is 18.5 Å². The lowest BCUT2D eigenvalue weighted by Crippen LogP contribution is -2.52. The largest absolute Gasteiger partial charge is 0.486 e. The minimum atomic E-state index is -0.311. The third kappa shape index (κ3) is 4.12. The zero-order chi connectivity index (χ0) is 17.8. The van der Waals surface area contributed by atoms with Crippen LogP contribution in [0, 0.1) is 5.92 Å². The minimum Gasteiger partial charge on any atom is -0.486 e. The van der Waals surface area contributed by atoms with E-state index in [-0.39, 0.29) is 29.0 Å². The molecule has 25 heavy (non-hydrogen) atoms. The van der Waals surface area contributed by atoms with E-state index in [9.17, 15) is 4.79 Å². The number of fused-ring (bicyclic) bond motifs is 1. The van der Waals surface area contributed by atoms with Crippen molar-refractivity contribution in [1.82, 2.24) is 21.7 Å². The number of hydrogen-bond donors (Lipinski definition) is 5. The number of carbonyl (C=O) groups is 1. The van der Waals surface area contributed by atoms with E-state index in [2.05, 4.69) is 33.9 Å². The van der Waals surface area contributed by atoms with Crippen molar-refractivity contribution in [3.8, 4) is 11.5 Å². The molecular weight excluding hydrogens is 342 g/mol. The third-order valence-electron chi connectivity index (χ3n) is 4.41. The summed E-state index contributed by atoms with van der Waals surface area (Å²) in [5.74, 6) is 1.40. The average Bonchev–Trinajstić information content (AvgIpc) is 3.00. The molecule has 0 aliphatic carbocycles. The van der Waals surface area contributed by atoms with Crippen molar-refractivity contribution >= 4 is 28.9 Å². The lowest BCUT2D eigenvalue weighted by molar-refractivity contribution is -0.124. The van der Waals surface area contributed by atoms with Crippen LogP contribution in [0.1, 0.15) is 20.3 Å². The SMILES string of the molecule is CCC1NNC(C(=O)NNC(=S)Nc2ccc3c(c2)OCCO3)C1C. The molecule has 2 heterocycles. The maximum Gasteiger partial charge on any atom is 0.257 e. The van der Waals surface area contributed by atoms with Crippen molar-refractivity contribution < 1.29 is 14.3 Å². The Morgan fingerprint density at radius 1 is 1.24 bits per heavy atom. The van der Waals surface area contributed by atoms with E-state index in [1.54, 1.807) is 6.07 Å². The summed E-state index contributed by atoms with van der Waals surface area (Å²) in [6.07, 6.45) is 0.954. The van der Waals surface area contributed by atoms with E-state index >= 15 is 0 Å². The lowest BCUT2D eigenvalue weighted by Gasteiger charge is -2.20. The van der Waals surface area contributed by atoms with Gasteiger partial charge in [0.25, 0.3) is 5.91 Å². The molecule has 3 rings (SSSR count). The number of carbonyl (C=O) groups excluding carboxylic acids is 1. The zero-order valence-electron chi connectivity index (χ0n) is 14.2. The fraction of sp³-hybridized carbons (Fsp3) is 0.500. The molecule has 8 nitrogen and oxygen atoms in total. The van der Waals surface area contributed by atoms with Gasteiger partial charge in [-0.05, 0) is 36.7 Å². The first kappa shape index (κ1) is 17.7. The minimum absolute atomic E-state index is 0.165. The number of amides is 1. The van der Waals surface area contributed by atoms with E-state index in [4.69, 9.17) is 21.7 Å². The molecule has 2 aliphatic rings. The van der Waals surface area contributed by atoms with Gasteiger partial charge in [0.1, 0.15) is 19.3 Å². The molecule has 3 atom stereocenters. The molecule has 0 bridgehead atoms. The Morgan fingerprint density at radius 2 is 2.00 bits per heavy atom. The molecule has 1 aromatic carbocycles. The monoisotopic (exact) mass is 365 g/mol. The molecule has 0 saturated carbocycles. The fourth-order valence-corrected chi connectivity index (χ4v) is 3.12. The fourth-order valence-electron chi connectivity index (χ4n) is 2.95. The summed E-state index contributed by atoms with van der Waals surface area (Å²) in [6.45, 7) is 5.19. The summed E-state index contributed by atoms with van der Waals surface area (Å²) < 4.78 is 11.0. The number of hydrogen-bond acceptors (Lipinski definition) is 6. The van der Waals surface area contributed by atoms with Gasteiger partial charge in [0.15, 0.2) is 16.6 Å². The highest BCUT2D eigenvalue weighted by atomic mass is 32.1. The number of anilines is 1. The third-order valence-corrected chi connectivity index (χ3v) is 4.61. The van der Waals surface area contributed by atoms with Crippen molar-refractivity contribution in [2.24, 2.45) is 5.92 Å². The molecular formula is C16H23N5O3S. The smallest absolute Gasteiger partial charge is 0.257 e. The van der Waals surface area contributed by atoms with Crippen LogP contribution in [-0.2, 0) is 4.79 Å². The van der Waals surface area contributed by atoms with Crippen LogP contribution in [0.5, 0.6) is 11.5 Å². The van der Waals surface area contributed by atoms with Crippen LogP contribution in [0.4, 0.5) is 5.69 Å². The van der Waals surface area contributed by atoms with Gasteiger partial charge in [-0.1, -0.05) is 13.8 Å². The van der Waals surface area contributed by atoms with Crippen molar-refractivity contribution in [3.63, 3.8) is 0 Å². The highest BCUT2D eigenvalue weighted by Gasteiger charge is 2.35. The molecule has 1 saturated heterocycles. The summed E-state index contributed by atoms with van der Waals surface area (Å²) in [6, 6.07) is 5.42. The van der Waals surface area contributed by atoms with Crippen molar-refractivity contribution in [2.45, 2.75) is 32.4 Å². The van der Waals surface area contributed by atoms with Crippen LogP contribution in [0.25, 0.3) is 0 Å². The molecule has 5 N–H and O–H groups in total. The van der Waals surface area contributed by atoms with E-state index in [1.165, 1.54) is 0 Å². The number of rotatable bonds is 3. The summed E-state index contributed by atoms with van der Waals surface area (Å²) in [5.41, 5.74) is 12.2. The number of benzene rings is 1. The number of hydrazine groups is 2. The van der Waals surface area contributed by atoms with Gasteiger partial charge in [-0.2, -0.15) is 0 Å². The van der Waals surface area contributed by atoms with E-state index < -0.39 is 0 Å². The Kier molecular flexibility index (Phi) is 5.57. The predicted octanol–water partition coefficient (Wildman–Crippen LogP) is 0.667. The molecule has 136 valence electrons. The van der Waals surface area contributed by atoms with Crippen LogP contribution >= 0.6 is 12.2 Å². The van der Waals surface area contributed by atoms with Crippen LogP contribution in [-0.4, -0.2) is 36.3 Å². The number of thiocarbonyl (C=S) groups is 1. The lowest BCUT2D eigenvalue weighted by atomic mass is 9.94. The standard InChI is InChI=1S/C16H23N5O3S/c1-3-11-9(2)14(19-18-11)15(22)20-21-16(25)17-10-4-5-12-13(8-10)24-7-6-23-12/h4-5,8-9,11,14,18-19H,3,6-7H2,1-2H3,(H,20,22)(H2,17,21,25). The Balaban J connectivity index is 1.49. The van der Waals surface area contributed by atoms with E-state index in [0.29, 0.717) is 24.7 Å². The molecule has 1 aromatic rings. The second-order valence-electron chi connectivity index (χ2n) is 6.07. The molecule has 3 unspecified atom stereocenters. The zero-order valence-corrected chi connectivity index (χ0v) is 15.0. The van der Waals surface area contributed by atoms with Crippen molar-refractivity contribution in [1.29, 1.82) is 0 Å². The second kappa shape index (κ2) is 7.85. The molecule has 1 fully saturated rings. The summed E-state index contributed by atoms with van der Waals surface area (Å²) in [7, 11) is 0. The van der Waals surface area contributed by atoms with Gasteiger partial charge in [0.2, 0.25) is 0 Å². The first-order chi connectivity index (χ1) is 12.1. The Labute approximate surface area is 152 Å². The van der Waals surface area contributed by atoms with E-state index in [1.807, 2.05) is 19.1 Å². The molecule has 0 spiro atoms. The van der Waals surface area contributed by atoms with Crippen LogP contribution in [0.2, 0.25) is 0 Å². The van der Waals surface area contributed by atoms with Crippen LogP contribution in [0.3, 0.4) is 0 Å². The molecule has 1 amide bonds. The van der Waals surface area contributed by atoms with Gasteiger partial charge in [-0.3, -0.25) is 21.1 Å². The van der Waals surface area contributed by atoms with Gasteiger partial charge < -0.3 is 14.8 Å². The first-order valence-electron chi connectivity index (χ1n) is 8.36. The van der Waals surface area contributed by atoms with Crippen molar-refractivity contribution in [3.05, 3.63) is 18.2 Å². The Hall–Kier alpha value is -2.10. The second-order valence-corrected chi connectivity index (χ2v) is 6.48. The highest BCUT2D eigenvalue weighted by Crippen LogP contribution is 2.32. The van der Waals surface area contributed by atoms with Gasteiger partial charge in [0, 0.05) is 17.8 Å². The molecule has 0 radical (unpaired) electrons. The first-order valence-corrected chi connectivity index (χ1v) is 8.77. The van der Waals surface area contributed by atoms with Gasteiger partial charge >= 0.3 is 0 Å². The van der Waals surface area contributed by atoms with E-state index in [0.717, 1.165) is 12.1 Å². The predicted molar refractivity (Wildman–Crippen MR) is 98.2 cm³/mol. The average molecular weight is 365 g/mol. The summed E-state index contributed by atoms with van der Waals surface area (Å²) >= 11 is 5.21. The molecule has 9 heteroatoms. The normalized spacial score (nSPS) is 24.5. The van der Waals surface area contributed by atoms with Gasteiger partial charge in [-0.15, -0.1) is 0 Å². The highest BCUT2D eigenvalue weighted by molar-refractivity contribution is 7.80. The summed E-state index contributed by atoms with van der Waals surface area (Å²) in [5, 5.41) is 3.29. The van der Waals surface area contributed by atoms with Crippen LogP contribution < -0.4 is 36.5 Å². The Morgan fingerprint density at radius 3 is 2.72 bits per heavy atom. The Bertz CT molecular complexity index is 657. The van der Waals surface area contributed by atoms with Crippen LogP contribution in [0.15, 0.2) is 18.2 Å². The molecule has 0 aromatic heterocycles. The topological polar surface area (TPSA) is 95.7 Å². The quantitative estimate of drug-likeness (QED) is 0.394. The summed E-state index contributed by atoms with van der Waals surface area (Å²) in [4.78, 5) is 12.3. The maximum atomic E-state index is 12.3. The number of ether oxygens (including phenoxy) is 2. The number of nitrogens with one attached hydrogen (secondary N) is 5. The van der Waals surface area contributed by atoms with Gasteiger partial charge in [0.05, 0.1) is 0 Å². The molecule has 2 aliphatic heterocycles. The maximum absolute atomic E-state index is 12.3. The van der Waals surface area contributed by atoms with Gasteiger partial charge in [-0.25, -0.2) is 5.43 Å².